The Morgan fingerprint density at radius 1 is 1.19 bits per heavy atom. The Labute approximate surface area is 163 Å². The lowest BCUT2D eigenvalue weighted by Gasteiger charge is -2.22. The average Bonchev–Trinajstić information content (AvgIpc) is 2.61. The van der Waals surface area contributed by atoms with Crippen LogP contribution in [0.1, 0.15) is 55.4 Å². The van der Waals surface area contributed by atoms with Gasteiger partial charge in [-0.15, -0.1) is 0 Å². The van der Waals surface area contributed by atoms with E-state index in [-0.39, 0.29) is 11.7 Å². The minimum atomic E-state index is -0.0140. The second-order valence-electron chi connectivity index (χ2n) is 7.89. The number of nitrogens with zero attached hydrogens (tertiary/aromatic N) is 2. The number of aromatic nitrogens is 1. The van der Waals surface area contributed by atoms with Gasteiger partial charge in [-0.05, 0) is 55.1 Å². The van der Waals surface area contributed by atoms with Gasteiger partial charge in [0.25, 0.3) is 0 Å². The van der Waals surface area contributed by atoms with Crippen molar-refractivity contribution in [2.24, 2.45) is 5.92 Å². The summed E-state index contributed by atoms with van der Waals surface area (Å²) >= 11 is 0. The highest BCUT2D eigenvalue weighted by molar-refractivity contribution is 5.77. The van der Waals surface area contributed by atoms with Crippen molar-refractivity contribution in [1.29, 1.82) is 0 Å². The van der Waals surface area contributed by atoms with E-state index in [1.54, 1.807) is 20.2 Å². The van der Waals surface area contributed by atoms with E-state index in [2.05, 4.69) is 55.9 Å². The molecule has 2 aromatic rings. The highest BCUT2D eigenvalue weighted by atomic mass is 16.5. The Bertz CT molecular complexity index is 771. The number of ether oxygens (including phenoxy) is 1. The van der Waals surface area contributed by atoms with Crippen molar-refractivity contribution < 1.29 is 9.53 Å². The molecule has 1 atom stereocenters. The first-order valence-electron chi connectivity index (χ1n) is 9.56. The highest BCUT2D eigenvalue weighted by Crippen LogP contribution is 2.31. The maximum atomic E-state index is 11.9. The lowest BCUT2D eigenvalue weighted by Crippen LogP contribution is -2.23. The van der Waals surface area contributed by atoms with E-state index < -0.39 is 0 Å². The predicted octanol–water partition coefficient (Wildman–Crippen LogP) is 4.60. The fraction of sp³-hybridized carbons (Fsp3) is 0.478. The molecule has 1 aromatic carbocycles. The van der Waals surface area contributed by atoms with E-state index in [1.165, 1.54) is 11.1 Å². The first-order chi connectivity index (χ1) is 12.8. The number of hydrogen-bond acceptors (Lipinski definition) is 4. The molecule has 0 fully saturated rings. The van der Waals surface area contributed by atoms with Gasteiger partial charge in [-0.3, -0.25) is 9.78 Å². The van der Waals surface area contributed by atoms with Gasteiger partial charge < -0.3 is 9.64 Å². The van der Waals surface area contributed by atoms with Crippen LogP contribution in [0.25, 0.3) is 0 Å². The predicted molar refractivity (Wildman–Crippen MR) is 110 cm³/mol. The van der Waals surface area contributed by atoms with Crippen LogP contribution < -0.4 is 4.74 Å². The van der Waals surface area contributed by atoms with Gasteiger partial charge in [0, 0.05) is 31.6 Å². The summed E-state index contributed by atoms with van der Waals surface area (Å²) in [6, 6.07) is 8.52. The molecule has 0 bridgehead atoms. The highest BCUT2D eigenvalue weighted by Gasteiger charge is 2.19. The largest absolute Gasteiger partial charge is 0.495 e. The third-order valence-electron chi connectivity index (χ3n) is 4.76. The number of methoxy groups -OCH3 is 1. The zero-order chi connectivity index (χ0) is 20.0. The van der Waals surface area contributed by atoms with Crippen molar-refractivity contribution in [3.63, 3.8) is 0 Å². The van der Waals surface area contributed by atoms with Gasteiger partial charge in [0.1, 0.15) is 11.5 Å². The second-order valence-corrected chi connectivity index (χ2v) is 7.89. The molecule has 0 radical (unpaired) electrons. The number of aryl methyl sites for hydroxylation is 1. The van der Waals surface area contributed by atoms with Crippen LogP contribution in [0.15, 0.2) is 36.7 Å². The Morgan fingerprint density at radius 3 is 2.56 bits per heavy atom. The number of hydrogen-bond donors (Lipinski definition) is 0. The van der Waals surface area contributed by atoms with Crippen molar-refractivity contribution in [2.45, 2.75) is 46.6 Å². The number of pyridine rings is 1. The molecule has 0 spiro atoms. The number of ketones is 1. The maximum absolute atomic E-state index is 11.9. The SMILES string of the molecule is COc1cncc(C(CC(C)=O)c2ccc(C)c(CN(C)CC(C)C)c2)c1. The standard InChI is InChI=1S/C23H32N2O2/c1-16(2)14-25(5)15-21-10-19(8-7-17(21)3)23(9-18(4)26)20-11-22(27-6)13-24-12-20/h7-8,10-13,16,23H,9,14-15H2,1-6H3. The van der Waals surface area contributed by atoms with Crippen LogP contribution in [-0.2, 0) is 11.3 Å². The quantitative estimate of drug-likeness (QED) is 0.649. The lowest BCUT2D eigenvalue weighted by atomic mass is 9.86. The summed E-state index contributed by atoms with van der Waals surface area (Å²) in [6.07, 6.45) is 3.98. The van der Waals surface area contributed by atoms with Crippen molar-refractivity contribution in [3.8, 4) is 5.75 Å². The smallest absolute Gasteiger partial charge is 0.137 e. The molecule has 0 saturated heterocycles. The molecule has 4 heteroatoms. The summed E-state index contributed by atoms with van der Waals surface area (Å²) in [4.78, 5) is 18.6. The Hall–Kier alpha value is -2.20. The molecule has 1 heterocycles. The Morgan fingerprint density at radius 2 is 1.93 bits per heavy atom. The molecule has 0 aliphatic rings. The van der Waals surface area contributed by atoms with Gasteiger partial charge in [-0.2, -0.15) is 0 Å². The summed E-state index contributed by atoms with van der Waals surface area (Å²) in [6.45, 7) is 10.2. The topological polar surface area (TPSA) is 42.4 Å². The van der Waals surface area contributed by atoms with Crippen LogP contribution in [0.5, 0.6) is 5.75 Å². The van der Waals surface area contributed by atoms with E-state index in [9.17, 15) is 4.79 Å². The molecule has 0 aliphatic heterocycles. The number of Topliss-reactive ketones (excluding diaryl/α,β-unsaturated/α-hetero) is 1. The summed E-state index contributed by atoms with van der Waals surface area (Å²) < 4.78 is 5.32. The van der Waals surface area contributed by atoms with Crippen LogP contribution in [-0.4, -0.2) is 36.4 Å². The van der Waals surface area contributed by atoms with Crippen molar-refractivity contribution in [2.75, 3.05) is 20.7 Å². The molecule has 0 saturated carbocycles. The van der Waals surface area contributed by atoms with Gasteiger partial charge in [0.05, 0.1) is 13.3 Å². The maximum Gasteiger partial charge on any atom is 0.137 e. The van der Waals surface area contributed by atoms with Gasteiger partial charge in [0.15, 0.2) is 0 Å². The van der Waals surface area contributed by atoms with E-state index in [0.717, 1.165) is 24.2 Å². The van der Waals surface area contributed by atoms with E-state index in [1.807, 2.05) is 12.3 Å². The van der Waals surface area contributed by atoms with Crippen LogP contribution in [0.3, 0.4) is 0 Å². The Kier molecular flexibility index (Phi) is 7.55. The average molecular weight is 369 g/mol. The third kappa shape index (κ3) is 6.17. The van der Waals surface area contributed by atoms with Crippen molar-refractivity contribution >= 4 is 5.78 Å². The van der Waals surface area contributed by atoms with Crippen molar-refractivity contribution in [3.05, 3.63) is 58.9 Å². The van der Waals surface area contributed by atoms with Crippen LogP contribution >= 0.6 is 0 Å². The molecule has 27 heavy (non-hydrogen) atoms. The lowest BCUT2D eigenvalue weighted by molar-refractivity contribution is -0.117. The van der Waals surface area contributed by atoms with Gasteiger partial charge in [-0.1, -0.05) is 32.0 Å². The van der Waals surface area contributed by atoms with E-state index in [0.29, 0.717) is 18.1 Å². The summed E-state index contributed by atoms with van der Waals surface area (Å²) in [5.74, 6) is 1.50. The van der Waals surface area contributed by atoms with Gasteiger partial charge >= 0.3 is 0 Å². The van der Waals surface area contributed by atoms with Crippen LogP contribution in [0, 0.1) is 12.8 Å². The molecule has 146 valence electrons. The summed E-state index contributed by atoms with van der Waals surface area (Å²) in [5.41, 5.74) is 4.74. The molecular weight excluding hydrogens is 336 g/mol. The molecule has 4 nitrogen and oxygen atoms in total. The molecular formula is C23H32N2O2. The van der Waals surface area contributed by atoms with Crippen molar-refractivity contribution in [1.82, 2.24) is 9.88 Å². The van der Waals surface area contributed by atoms with Crippen LogP contribution in [0.2, 0.25) is 0 Å². The zero-order valence-corrected chi connectivity index (χ0v) is 17.5. The Balaban J connectivity index is 2.37. The first kappa shape index (κ1) is 21.1. The number of carbonyl (C=O) groups excluding carboxylic acids is 1. The summed E-state index contributed by atoms with van der Waals surface area (Å²) in [5, 5.41) is 0. The number of rotatable bonds is 9. The summed E-state index contributed by atoms with van der Waals surface area (Å²) in [7, 11) is 3.79. The van der Waals surface area contributed by atoms with Gasteiger partial charge in [-0.25, -0.2) is 0 Å². The van der Waals surface area contributed by atoms with Gasteiger partial charge in [0.2, 0.25) is 0 Å². The zero-order valence-electron chi connectivity index (χ0n) is 17.5. The number of benzene rings is 1. The molecule has 1 unspecified atom stereocenters. The fourth-order valence-corrected chi connectivity index (χ4v) is 3.51. The second kappa shape index (κ2) is 9.65. The minimum Gasteiger partial charge on any atom is -0.495 e. The molecule has 0 N–H and O–H groups in total. The molecule has 0 amide bonds. The molecule has 0 aliphatic carbocycles. The van der Waals surface area contributed by atoms with Crippen LogP contribution in [0.4, 0.5) is 0 Å². The fourth-order valence-electron chi connectivity index (χ4n) is 3.51. The first-order valence-corrected chi connectivity index (χ1v) is 9.56. The third-order valence-corrected chi connectivity index (χ3v) is 4.76. The molecule has 2 rings (SSSR count). The monoisotopic (exact) mass is 368 g/mol. The number of carbonyl (C=O) groups is 1. The normalized spacial score (nSPS) is 12.4. The van der Waals surface area contributed by atoms with E-state index in [4.69, 9.17) is 4.74 Å². The van der Waals surface area contributed by atoms with E-state index >= 15 is 0 Å². The molecule has 1 aromatic heterocycles. The minimum absolute atomic E-state index is 0.0140.